The van der Waals surface area contributed by atoms with Crippen molar-refractivity contribution in [1.29, 1.82) is 5.26 Å². The molecule has 3 rings (SSSR count). The molecule has 1 saturated heterocycles. The van der Waals surface area contributed by atoms with Crippen LogP contribution in [0.5, 0.6) is 0 Å². The van der Waals surface area contributed by atoms with Crippen molar-refractivity contribution in [1.82, 2.24) is 19.9 Å². The molecule has 3 heterocycles. The van der Waals surface area contributed by atoms with E-state index in [2.05, 4.69) is 37.9 Å². The Kier molecular flexibility index (Phi) is 4.72. The molecule has 0 N–H and O–H groups in total. The molecule has 0 amide bonds. The second-order valence-corrected chi connectivity index (χ2v) is 6.32. The molecule has 24 heavy (non-hydrogen) atoms. The SMILES string of the molecule is Cc1cc(N2CC[C@H](N(C)Cc3ncccn3)C2)c(C#N)c(C)n1. The maximum Gasteiger partial charge on any atom is 0.142 e. The zero-order valence-electron chi connectivity index (χ0n) is 14.4. The molecule has 0 aliphatic carbocycles. The maximum absolute atomic E-state index is 9.48. The van der Waals surface area contributed by atoms with Crippen LogP contribution < -0.4 is 4.90 Å². The van der Waals surface area contributed by atoms with Crippen molar-refractivity contribution in [2.45, 2.75) is 32.9 Å². The van der Waals surface area contributed by atoms with Gasteiger partial charge in [-0.05, 0) is 39.4 Å². The van der Waals surface area contributed by atoms with E-state index in [1.807, 2.05) is 26.0 Å². The van der Waals surface area contributed by atoms with E-state index in [1.54, 1.807) is 12.4 Å². The van der Waals surface area contributed by atoms with Gasteiger partial charge in [0, 0.05) is 37.2 Å². The van der Waals surface area contributed by atoms with E-state index in [0.717, 1.165) is 49.0 Å². The van der Waals surface area contributed by atoms with Crippen LogP contribution in [0.3, 0.4) is 0 Å². The van der Waals surface area contributed by atoms with E-state index in [0.29, 0.717) is 11.6 Å². The first-order valence-corrected chi connectivity index (χ1v) is 8.18. The molecule has 0 unspecified atom stereocenters. The first-order chi connectivity index (χ1) is 11.6. The van der Waals surface area contributed by atoms with Crippen LogP contribution in [0.1, 0.15) is 29.2 Å². The summed E-state index contributed by atoms with van der Waals surface area (Å²) in [5, 5.41) is 9.48. The number of anilines is 1. The fourth-order valence-corrected chi connectivity index (χ4v) is 3.28. The van der Waals surface area contributed by atoms with Gasteiger partial charge < -0.3 is 4.90 Å². The Morgan fingerprint density at radius 2 is 2.08 bits per heavy atom. The molecule has 0 aromatic carbocycles. The third-order valence-electron chi connectivity index (χ3n) is 4.56. The summed E-state index contributed by atoms with van der Waals surface area (Å²) in [5.74, 6) is 0.840. The molecule has 0 spiro atoms. The van der Waals surface area contributed by atoms with Crippen LogP contribution in [0.4, 0.5) is 5.69 Å². The quantitative estimate of drug-likeness (QED) is 0.858. The van der Waals surface area contributed by atoms with Gasteiger partial charge in [0.05, 0.1) is 23.5 Å². The molecule has 0 saturated carbocycles. The summed E-state index contributed by atoms with van der Waals surface area (Å²) in [5.41, 5.74) is 3.46. The van der Waals surface area contributed by atoms with Gasteiger partial charge in [-0.25, -0.2) is 9.97 Å². The summed E-state index contributed by atoms with van der Waals surface area (Å²) >= 11 is 0. The predicted molar refractivity (Wildman–Crippen MR) is 92.5 cm³/mol. The highest BCUT2D eigenvalue weighted by Crippen LogP contribution is 2.28. The van der Waals surface area contributed by atoms with Gasteiger partial charge in [0.2, 0.25) is 0 Å². The zero-order valence-corrected chi connectivity index (χ0v) is 14.4. The average molecular weight is 322 g/mol. The molecule has 124 valence electrons. The standard InChI is InChI=1S/C18H22N6/c1-13-9-17(16(10-19)14(2)22-13)24-8-5-15(11-24)23(3)12-18-20-6-4-7-21-18/h4,6-7,9,15H,5,8,11-12H2,1-3H3/t15-/m0/s1. The summed E-state index contributed by atoms with van der Waals surface area (Å²) in [7, 11) is 2.11. The van der Waals surface area contributed by atoms with Crippen molar-refractivity contribution in [2.24, 2.45) is 0 Å². The lowest BCUT2D eigenvalue weighted by molar-refractivity contribution is 0.244. The number of likely N-dealkylation sites (N-methyl/N-ethyl adjacent to an activating group) is 1. The van der Waals surface area contributed by atoms with Gasteiger partial charge in [-0.15, -0.1) is 0 Å². The monoisotopic (exact) mass is 322 g/mol. The molecule has 1 fully saturated rings. The zero-order chi connectivity index (χ0) is 17.1. The summed E-state index contributed by atoms with van der Waals surface area (Å²) in [4.78, 5) is 17.6. The molecule has 1 aliphatic rings. The summed E-state index contributed by atoms with van der Waals surface area (Å²) in [6.45, 7) is 6.47. The highest BCUT2D eigenvalue weighted by Gasteiger charge is 2.28. The Labute approximate surface area is 142 Å². The van der Waals surface area contributed by atoms with Gasteiger partial charge in [-0.1, -0.05) is 0 Å². The number of hydrogen-bond donors (Lipinski definition) is 0. The number of rotatable bonds is 4. The third kappa shape index (κ3) is 3.36. The molecule has 1 aliphatic heterocycles. The fraction of sp³-hybridized carbons (Fsp3) is 0.444. The highest BCUT2D eigenvalue weighted by atomic mass is 15.3. The molecule has 1 atom stereocenters. The van der Waals surface area contributed by atoms with Crippen molar-refractivity contribution >= 4 is 5.69 Å². The summed E-state index contributed by atoms with van der Waals surface area (Å²) < 4.78 is 0. The van der Waals surface area contributed by atoms with E-state index < -0.39 is 0 Å². The van der Waals surface area contributed by atoms with Crippen LogP contribution in [0.2, 0.25) is 0 Å². The van der Waals surface area contributed by atoms with Crippen molar-refractivity contribution < 1.29 is 0 Å². The normalized spacial score (nSPS) is 17.3. The molecule has 0 radical (unpaired) electrons. The Bertz CT molecular complexity index is 752. The van der Waals surface area contributed by atoms with Crippen LogP contribution in [0.25, 0.3) is 0 Å². The lowest BCUT2D eigenvalue weighted by Gasteiger charge is -2.25. The minimum Gasteiger partial charge on any atom is -0.369 e. The Morgan fingerprint density at radius 1 is 1.33 bits per heavy atom. The molecular formula is C18H22N6. The number of aryl methyl sites for hydroxylation is 2. The average Bonchev–Trinajstić information content (AvgIpc) is 3.05. The minimum absolute atomic E-state index is 0.425. The molecule has 0 bridgehead atoms. The fourth-order valence-electron chi connectivity index (χ4n) is 3.28. The van der Waals surface area contributed by atoms with Crippen molar-refractivity contribution in [3.05, 3.63) is 47.3 Å². The lowest BCUT2D eigenvalue weighted by atomic mass is 10.1. The van der Waals surface area contributed by atoms with Crippen molar-refractivity contribution in [3.8, 4) is 6.07 Å². The van der Waals surface area contributed by atoms with Gasteiger partial charge in [0.25, 0.3) is 0 Å². The van der Waals surface area contributed by atoms with Crippen LogP contribution >= 0.6 is 0 Å². The molecule has 6 nitrogen and oxygen atoms in total. The summed E-state index contributed by atoms with van der Waals surface area (Å²) in [6, 6.07) is 6.59. The van der Waals surface area contributed by atoms with E-state index in [9.17, 15) is 5.26 Å². The molecule has 2 aromatic rings. The largest absolute Gasteiger partial charge is 0.369 e. The van der Waals surface area contributed by atoms with Gasteiger partial charge in [-0.2, -0.15) is 5.26 Å². The molecule has 6 heteroatoms. The number of aromatic nitrogens is 3. The van der Waals surface area contributed by atoms with Gasteiger partial charge in [0.1, 0.15) is 11.9 Å². The highest BCUT2D eigenvalue weighted by molar-refractivity contribution is 5.62. The molecule has 2 aromatic heterocycles. The maximum atomic E-state index is 9.48. The first kappa shape index (κ1) is 16.3. The second kappa shape index (κ2) is 6.93. The van der Waals surface area contributed by atoms with E-state index in [1.165, 1.54) is 0 Å². The van der Waals surface area contributed by atoms with E-state index in [4.69, 9.17) is 0 Å². The summed E-state index contributed by atoms with van der Waals surface area (Å²) in [6.07, 6.45) is 4.62. The van der Waals surface area contributed by atoms with Crippen LogP contribution in [-0.4, -0.2) is 46.0 Å². The number of hydrogen-bond acceptors (Lipinski definition) is 6. The van der Waals surface area contributed by atoms with Crippen molar-refractivity contribution in [2.75, 3.05) is 25.0 Å². The number of pyridine rings is 1. The van der Waals surface area contributed by atoms with E-state index in [-0.39, 0.29) is 0 Å². The van der Waals surface area contributed by atoms with Gasteiger partial charge in [0.15, 0.2) is 0 Å². The smallest absolute Gasteiger partial charge is 0.142 e. The van der Waals surface area contributed by atoms with Crippen LogP contribution in [0.15, 0.2) is 24.5 Å². The number of nitrogens with zero attached hydrogens (tertiary/aromatic N) is 6. The number of nitriles is 1. The molecular weight excluding hydrogens is 300 g/mol. The lowest BCUT2D eigenvalue weighted by Crippen LogP contribution is -2.34. The predicted octanol–water partition coefficient (Wildman–Crippen LogP) is 2.07. The third-order valence-corrected chi connectivity index (χ3v) is 4.56. The Hall–Kier alpha value is -2.52. The van der Waals surface area contributed by atoms with Crippen LogP contribution in [0, 0.1) is 25.2 Å². The van der Waals surface area contributed by atoms with Crippen LogP contribution in [-0.2, 0) is 6.54 Å². The minimum atomic E-state index is 0.425. The topological polar surface area (TPSA) is 68.9 Å². The second-order valence-electron chi connectivity index (χ2n) is 6.32. The van der Waals surface area contributed by atoms with Crippen molar-refractivity contribution in [3.63, 3.8) is 0 Å². The van der Waals surface area contributed by atoms with E-state index >= 15 is 0 Å². The van der Waals surface area contributed by atoms with Gasteiger partial charge >= 0.3 is 0 Å². The first-order valence-electron chi connectivity index (χ1n) is 8.18. The van der Waals surface area contributed by atoms with Gasteiger partial charge in [-0.3, -0.25) is 9.88 Å². The Balaban J connectivity index is 1.73. The Morgan fingerprint density at radius 3 is 2.79 bits per heavy atom.